The van der Waals surface area contributed by atoms with Crippen LogP contribution in [-0.4, -0.2) is 57.7 Å². The van der Waals surface area contributed by atoms with Crippen LogP contribution in [0.25, 0.3) is 0 Å². The number of hydrogen-bond donors (Lipinski definition) is 1. The molecule has 1 heterocycles. The first-order valence-electron chi connectivity index (χ1n) is 10.6. The number of sulfonamides is 1. The zero-order valence-electron chi connectivity index (χ0n) is 17.6. The molecular formula is C21H34FN3O3S. The molecule has 8 heteroatoms. The Hall–Kier alpha value is -1.67. The molecular weight excluding hydrogens is 393 g/mol. The highest BCUT2D eigenvalue weighted by molar-refractivity contribution is 7.92. The predicted molar refractivity (Wildman–Crippen MR) is 115 cm³/mol. The van der Waals surface area contributed by atoms with Crippen LogP contribution in [-0.2, 0) is 14.8 Å². The average Bonchev–Trinajstić information content (AvgIpc) is 2.69. The fourth-order valence-corrected chi connectivity index (χ4v) is 4.88. The standard InChI is InChI=1S/C21H34FN3O3S/c1-3-18-10-6-7-15-24(18)16-9-14-23-21(26)13-8-17-25(29(2,27)28)20-12-5-4-11-19(20)22/h4-5,11-12,18H,3,6-10,13-17H2,1-2H3,(H,23,26)/t18-/m0/s1. The summed E-state index contributed by atoms with van der Waals surface area (Å²) in [6, 6.07) is 6.43. The topological polar surface area (TPSA) is 69.7 Å². The second kappa shape index (κ2) is 11.5. The van der Waals surface area contributed by atoms with Crippen molar-refractivity contribution in [2.45, 2.75) is 57.9 Å². The van der Waals surface area contributed by atoms with E-state index in [1.807, 2.05) is 0 Å². The molecule has 6 nitrogen and oxygen atoms in total. The Morgan fingerprint density at radius 3 is 2.72 bits per heavy atom. The van der Waals surface area contributed by atoms with Gasteiger partial charge in [0.05, 0.1) is 11.9 Å². The summed E-state index contributed by atoms with van der Waals surface area (Å²) >= 11 is 0. The smallest absolute Gasteiger partial charge is 0.232 e. The van der Waals surface area contributed by atoms with Crippen LogP contribution in [0.5, 0.6) is 0 Å². The van der Waals surface area contributed by atoms with Gasteiger partial charge in [-0.05, 0) is 50.8 Å². The van der Waals surface area contributed by atoms with Gasteiger partial charge in [0.1, 0.15) is 5.82 Å². The van der Waals surface area contributed by atoms with Gasteiger partial charge in [-0.2, -0.15) is 0 Å². The number of rotatable bonds is 11. The molecule has 2 rings (SSSR count). The third-order valence-corrected chi connectivity index (χ3v) is 6.63. The van der Waals surface area contributed by atoms with E-state index in [-0.39, 0.29) is 24.6 Å². The van der Waals surface area contributed by atoms with Crippen LogP contribution in [0.1, 0.15) is 51.9 Å². The summed E-state index contributed by atoms with van der Waals surface area (Å²) in [7, 11) is -3.62. The maximum atomic E-state index is 14.0. The van der Waals surface area contributed by atoms with Crippen LogP contribution >= 0.6 is 0 Å². The summed E-state index contributed by atoms with van der Waals surface area (Å²) in [6.45, 7) is 5.05. The van der Waals surface area contributed by atoms with E-state index in [1.54, 1.807) is 6.07 Å². The molecule has 0 unspecified atom stereocenters. The summed E-state index contributed by atoms with van der Waals surface area (Å²) < 4.78 is 39.1. The van der Waals surface area contributed by atoms with Gasteiger partial charge in [0.15, 0.2) is 0 Å². The molecule has 0 aliphatic carbocycles. The van der Waals surface area contributed by atoms with Gasteiger partial charge in [-0.1, -0.05) is 25.5 Å². The molecule has 1 fully saturated rings. The number of nitrogens with zero attached hydrogens (tertiary/aromatic N) is 2. The quantitative estimate of drug-likeness (QED) is 0.551. The fraction of sp³-hybridized carbons (Fsp3) is 0.667. The van der Waals surface area contributed by atoms with E-state index in [1.165, 1.54) is 43.9 Å². The fourth-order valence-electron chi connectivity index (χ4n) is 3.92. The molecule has 1 amide bonds. The van der Waals surface area contributed by atoms with Gasteiger partial charge >= 0.3 is 0 Å². The zero-order chi connectivity index (χ0) is 21.3. The number of piperidine rings is 1. The highest BCUT2D eigenvalue weighted by atomic mass is 32.2. The lowest BCUT2D eigenvalue weighted by atomic mass is 10.00. The first-order chi connectivity index (χ1) is 13.8. The Kier molecular flexibility index (Phi) is 9.36. The Balaban J connectivity index is 1.72. The monoisotopic (exact) mass is 427 g/mol. The molecule has 1 N–H and O–H groups in total. The number of nitrogens with one attached hydrogen (secondary N) is 1. The van der Waals surface area contributed by atoms with Gasteiger partial charge in [0.25, 0.3) is 0 Å². The number of carbonyl (C=O) groups is 1. The van der Waals surface area contributed by atoms with Gasteiger partial charge in [-0.25, -0.2) is 12.8 Å². The first kappa shape index (κ1) is 23.6. The van der Waals surface area contributed by atoms with Crippen LogP contribution in [0.3, 0.4) is 0 Å². The molecule has 1 saturated heterocycles. The molecule has 1 atom stereocenters. The molecule has 0 radical (unpaired) electrons. The van der Waals surface area contributed by atoms with Crippen LogP contribution in [0.4, 0.5) is 10.1 Å². The lowest BCUT2D eigenvalue weighted by Gasteiger charge is -2.35. The van der Waals surface area contributed by atoms with Gasteiger partial charge < -0.3 is 10.2 Å². The Morgan fingerprint density at radius 2 is 2.03 bits per heavy atom. The van der Waals surface area contributed by atoms with E-state index in [0.717, 1.165) is 30.1 Å². The minimum absolute atomic E-state index is 0.0161. The highest BCUT2D eigenvalue weighted by Crippen LogP contribution is 2.22. The molecule has 1 aliphatic heterocycles. The van der Waals surface area contributed by atoms with Crippen LogP contribution in [0, 0.1) is 5.82 Å². The van der Waals surface area contributed by atoms with E-state index in [9.17, 15) is 17.6 Å². The number of halogens is 1. The van der Waals surface area contributed by atoms with Crippen LogP contribution in [0.15, 0.2) is 24.3 Å². The third-order valence-electron chi connectivity index (χ3n) is 5.45. The summed E-state index contributed by atoms with van der Waals surface area (Å²) in [5, 5.41) is 2.91. The maximum Gasteiger partial charge on any atom is 0.232 e. The number of carbonyl (C=O) groups excluding carboxylic acids is 1. The first-order valence-corrected chi connectivity index (χ1v) is 12.4. The van der Waals surface area contributed by atoms with Gasteiger partial charge in [-0.15, -0.1) is 0 Å². The number of likely N-dealkylation sites (tertiary alicyclic amines) is 1. The van der Waals surface area contributed by atoms with Crippen molar-refractivity contribution in [2.75, 3.05) is 36.7 Å². The minimum Gasteiger partial charge on any atom is -0.356 e. The lowest BCUT2D eigenvalue weighted by Crippen LogP contribution is -2.40. The Bertz CT molecular complexity index is 757. The summed E-state index contributed by atoms with van der Waals surface area (Å²) in [4.78, 5) is 14.6. The van der Waals surface area contributed by atoms with Crippen LogP contribution < -0.4 is 9.62 Å². The lowest BCUT2D eigenvalue weighted by molar-refractivity contribution is -0.121. The molecule has 0 saturated carbocycles. The number of anilines is 1. The summed E-state index contributed by atoms with van der Waals surface area (Å²) in [5.74, 6) is -0.692. The SMILES string of the molecule is CC[C@H]1CCCCN1CCCNC(=O)CCCN(c1ccccc1F)S(C)(=O)=O. The Labute approximate surface area is 174 Å². The molecule has 0 aromatic heterocycles. The zero-order valence-corrected chi connectivity index (χ0v) is 18.4. The van der Waals surface area contributed by atoms with E-state index < -0.39 is 15.8 Å². The number of para-hydroxylation sites is 1. The van der Waals surface area contributed by atoms with E-state index in [0.29, 0.717) is 19.0 Å². The molecule has 164 valence electrons. The molecule has 1 aliphatic rings. The second-order valence-electron chi connectivity index (χ2n) is 7.69. The molecule has 0 bridgehead atoms. The van der Waals surface area contributed by atoms with Gasteiger partial charge in [0, 0.05) is 32.1 Å². The van der Waals surface area contributed by atoms with Crippen molar-refractivity contribution in [1.29, 1.82) is 0 Å². The van der Waals surface area contributed by atoms with E-state index in [2.05, 4.69) is 17.1 Å². The molecule has 1 aromatic rings. The van der Waals surface area contributed by atoms with E-state index >= 15 is 0 Å². The molecule has 29 heavy (non-hydrogen) atoms. The molecule has 1 aromatic carbocycles. The van der Waals surface area contributed by atoms with Crippen molar-refractivity contribution < 1.29 is 17.6 Å². The summed E-state index contributed by atoms with van der Waals surface area (Å²) in [6.07, 6.45) is 7.49. The summed E-state index contributed by atoms with van der Waals surface area (Å²) in [5.41, 5.74) is 0.0161. The number of benzene rings is 1. The van der Waals surface area contributed by atoms with E-state index in [4.69, 9.17) is 0 Å². The van der Waals surface area contributed by atoms with Crippen LogP contribution in [0.2, 0.25) is 0 Å². The largest absolute Gasteiger partial charge is 0.356 e. The normalized spacial score (nSPS) is 17.8. The second-order valence-corrected chi connectivity index (χ2v) is 9.59. The van der Waals surface area contributed by atoms with Gasteiger partial charge in [0.2, 0.25) is 15.9 Å². The number of hydrogen-bond acceptors (Lipinski definition) is 4. The predicted octanol–water partition coefficient (Wildman–Crippen LogP) is 3.14. The average molecular weight is 428 g/mol. The van der Waals surface area contributed by atoms with Crippen molar-refractivity contribution in [3.8, 4) is 0 Å². The number of amides is 1. The van der Waals surface area contributed by atoms with Crippen molar-refractivity contribution in [3.05, 3.63) is 30.1 Å². The minimum atomic E-state index is -3.62. The van der Waals surface area contributed by atoms with Crippen molar-refractivity contribution >= 4 is 21.6 Å². The third kappa shape index (κ3) is 7.59. The highest BCUT2D eigenvalue weighted by Gasteiger charge is 2.21. The van der Waals surface area contributed by atoms with Crippen molar-refractivity contribution in [3.63, 3.8) is 0 Å². The maximum absolute atomic E-state index is 14.0. The Morgan fingerprint density at radius 1 is 1.28 bits per heavy atom. The van der Waals surface area contributed by atoms with Gasteiger partial charge in [-0.3, -0.25) is 9.10 Å². The van der Waals surface area contributed by atoms with Crippen molar-refractivity contribution in [2.24, 2.45) is 0 Å². The van der Waals surface area contributed by atoms with Crippen molar-refractivity contribution in [1.82, 2.24) is 10.2 Å². The molecule has 0 spiro atoms.